The van der Waals surface area contributed by atoms with Crippen molar-refractivity contribution < 1.29 is 9.47 Å². The highest BCUT2D eigenvalue weighted by molar-refractivity contribution is 5.83. The zero-order valence-electron chi connectivity index (χ0n) is 18.4. The summed E-state index contributed by atoms with van der Waals surface area (Å²) >= 11 is 0. The molecule has 1 N–H and O–H groups in total. The van der Waals surface area contributed by atoms with Gasteiger partial charge in [-0.3, -0.25) is 9.69 Å². The van der Waals surface area contributed by atoms with Crippen molar-refractivity contribution in [2.24, 2.45) is 5.92 Å². The summed E-state index contributed by atoms with van der Waals surface area (Å²) in [6.45, 7) is 10.4. The second kappa shape index (κ2) is 7.33. The minimum absolute atomic E-state index is 0.141. The summed E-state index contributed by atoms with van der Waals surface area (Å²) < 4.78 is 12.8. The Morgan fingerprint density at radius 2 is 1.97 bits per heavy atom. The Balaban J connectivity index is 1.69. The molecule has 4 heterocycles. The van der Waals surface area contributed by atoms with Crippen molar-refractivity contribution in [1.29, 1.82) is 0 Å². The Bertz CT molecular complexity index is 1180. The molecule has 9 nitrogen and oxygen atoms in total. The van der Waals surface area contributed by atoms with E-state index in [2.05, 4.69) is 53.1 Å². The van der Waals surface area contributed by atoms with Gasteiger partial charge in [0.2, 0.25) is 6.79 Å². The number of piperidine rings is 1. The van der Waals surface area contributed by atoms with E-state index in [0.717, 1.165) is 30.4 Å². The lowest BCUT2D eigenvalue weighted by Crippen LogP contribution is -2.42. The minimum Gasteiger partial charge on any atom is -0.454 e. The highest BCUT2D eigenvalue weighted by atomic mass is 16.7. The lowest BCUT2D eigenvalue weighted by molar-refractivity contribution is 0.137. The lowest BCUT2D eigenvalue weighted by atomic mass is 9.95. The number of aromatic nitrogens is 5. The molecule has 3 aromatic rings. The van der Waals surface area contributed by atoms with Crippen LogP contribution in [0.4, 0.5) is 0 Å². The molecular weight excluding hydrogens is 396 g/mol. The Labute approximate surface area is 180 Å². The molecule has 164 valence electrons. The zero-order valence-corrected chi connectivity index (χ0v) is 18.4. The maximum Gasteiger partial charge on any atom is 0.253 e. The quantitative estimate of drug-likeness (QED) is 0.690. The molecule has 0 spiro atoms. The fourth-order valence-electron chi connectivity index (χ4n) is 4.62. The van der Waals surface area contributed by atoms with Crippen LogP contribution in [0.1, 0.15) is 58.0 Å². The van der Waals surface area contributed by atoms with Gasteiger partial charge in [-0.05, 0) is 68.6 Å². The third kappa shape index (κ3) is 3.56. The van der Waals surface area contributed by atoms with Gasteiger partial charge in [0.15, 0.2) is 17.3 Å². The maximum atomic E-state index is 13.3. The van der Waals surface area contributed by atoms with Gasteiger partial charge >= 0.3 is 0 Å². The normalized spacial score (nSPS) is 20.3. The van der Waals surface area contributed by atoms with Crippen molar-refractivity contribution in [2.45, 2.75) is 52.1 Å². The molecule has 5 rings (SSSR count). The number of rotatable bonds is 3. The number of hydrogen-bond acceptors (Lipinski definition) is 7. The number of pyridine rings is 1. The van der Waals surface area contributed by atoms with Crippen molar-refractivity contribution >= 4 is 10.9 Å². The van der Waals surface area contributed by atoms with Gasteiger partial charge in [-0.15, -0.1) is 5.10 Å². The van der Waals surface area contributed by atoms with Crippen LogP contribution >= 0.6 is 0 Å². The van der Waals surface area contributed by atoms with Crippen LogP contribution in [0.2, 0.25) is 0 Å². The molecule has 0 unspecified atom stereocenters. The minimum atomic E-state index is -0.337. The summed E-state index contributed by atoms with van der Waals surface area (Å²) in [5.41, 5.74) is 0.909. The SMILES string of the molecule is C[C@@H]1CCCN([C@@H](c2cc3cc4c(cc3[nH]c2=O)OCO4)c2nnnn2C(C)(C)C)C1. The number of ether oxygens (including phenoxy) is 2. The van der Waals surface area contributed by atoms with Crippen molar-refractivity contribution in [1.82, 2.24) is 30.1 Å². The number of fused-ring (bicyclic) bond motifs is 2. The molecule has 0 saturated carbocycles. The van der Waals surface area contributed by atoms with Crippen LogP contribution in [0.3, 0.4) is 0 Å². The molecule has 1 fully saturated rings. The van der Waals surface area contributed by atoms with Gasteiger partial charge < -0.3 is 14.5 Å². The van der Waals surface area contributed by atoms with Gasteiger partial charge in [0.1, 0.15) is 6.04 Å². The highest BCUT2D eigenvalue weighted by Crippen LogP contribution is 2.37. The van der Waals surface area contributed by atoms with E-state index in [4.69, 9.17) is 9.47 Å². The van der Waals surface area contributed by atoms with E-state index < -0.39 is 0 Å². The molecule has 1 aromatic carbocycles. The fourth-order valence-corrected chi connectivity index (χ4v) is 4.62. The fraction of sp³-hybridized carbons (Fsp3) is 0.545. The van der Waals surface area contributed by atoms with Gasteiger partial charge in [0.05, 0.1) is 11.1 Å². The molecule has 2 atom stereocenters. The van der Waals surface area contributed by atoms with Crippen molar-refractivity contribution in [3.63, 3.8) is 0 Å². The largest absolute Gasteiger partial charge is 0.454 e. The van der Waals surface area contributed by atoms with Crippen LogP contribution in [-0.4, -0.2) is 50.0 Å². The first-order chi connectivity index (χ1) is 14.8. The van der Waals surface area contributed by atoms with E-state index in [9.17, 15) is 4.79 Å². The van der Waals surface area contributed by atoms with Gasteiger partial charge in [-0.2, -0.15) is 0 Å². The summed E-state index contributed by atoms with van der Waals surface area (Å²) in [6, 6.07) is 5.34. The van der Waals surface area contributed by atoms with Crippen LogP contribution in [-0.2, 0) is 5.54 Å². The Kier molecular flexibility index (Phi) is 4.73. The number of nitrogens with zero attached hydrogens (tertiary/aromatic N) is 5. The van der Waals surface area contributed by atoms with E-state index in [-0.39, 0.29) is 23.9 Å². The maximum absolute atomic E-state index is 13.3. The van der Waals surface area contributed by atoms with Gasteiger partial charge in [0, 0.05) is 23.6 Å². The van der Waals surface area contributed by atoms with Gasteiger partial charge in [-0.25, -0.2) is 4.68 Å². The van der Waals surface area contributed by atoms with Crippen molar-refractivity contribution in [3.05, 3.63) is 39.9 Å². The predicted octanol–water partition coefficient (Wildman–Crippen LogP) is 2.82. The predicted molar refractivity (Wildman–Crippen MR) is 115 cm³/mol. The average molecular weight is 425 g/mol. The number of aromatic amines is 1. The smallest absolute Gasteiger partial charge is 0.253 e. The lowest BCUT2D eigenvalue weighted by Gasteiger charge is -2.37. The van der Waals surface area contributed by atoms with Crippen LogP contribution in [0.5, 0.6) is 11.5 Å². The summed E-state index contributed by atoms with van der Waals surface area (Å²) in [7, 11) is 0. The molecule has 0 radical (unpaired) electrons. The van der Waals surface area contributed by atoms with Crippen LogP contribution in [0.15, 0.2) is 23.0 Å². The highest BCUT2D eigenvalue weighted by Gasteiger charge is 2.35. The number of hydrogen-bond donors (Lipinski definition) is 1. The molecule has 0 amide bonds. The van der Waals surface area contributed by atoms with Crippen molar-refractivity contribution in [2.75, 3.05) is 19.9 Å². The summed E-state index contributed by atoms with van der Waals surface area (Å²) in [5.74, 6) is 2.57. The third-order valence-corrected chi connectivity index (χ3v) is 6.09. The van der Waals surface area contributed by atoms with E-state index in [0.29, 0.717) is 28.8 Å². The van der Waals surface area contributed by atoms with E-state index in [1.54, 1.807) is 0 Å². The molecule has 9 heteroatoms. The first kappa shape index (κ1) is 20.0. The number of nitrogens with one attached hydrogen (secondary N) is 1. The number of tetrazole rings is 1. The topological polar surface area (TPSA) is 98.2 Å². The standard InChI is InChI=1S/C22H28N6O3/c1-13-6-5-7-27(11-13)19(20-24-25-26-28(20)22(2,3)4)15-8-14-9-17-18(31-12-30-17)10-16(14)23-21(15)29/h8-10,13,19H,5-7,11-12H2,1-4H3,(H,23,29)/t13-,19+/m1/s1. The molecule has 0 bridgehead atoms. The molecular formula is C22H28N6O3. The van der Waals surface area contributed by atoms with Gasteiger partial charge in [-0.1, -0.05) is 6.92 Å². The summed E-state index contributed by atoms with van der Waals surface area (Å²) in [5, 5.41) is 13.5. The van der Waals surface area contributed by atoms with Crippen LogP contribution < -0.4 is 15.0 Å². The second-order valence-electron chi connectivity index (χ2n) is 9.61. The molecule has 2 aromatic heterocycles. The van der Waals surface area contributed by atoms with E-state index in [1.807, 2.05) is 22.9 Å². The van der Waals surface area contributed by atoms with Crippen LogP contribution in [0.25, 0.3) is 10.9 Å². The first-order valence-electron chi connectivity index (χ1n) is 10.8. The molecule has 1 saturated heterocycles. The molecule has 2 aliphatic heterocycles. The Morgan fingerprint density at radius 1 is 1.19 bits per heavy atom. The molecule has 2 aliphatic rings. The number of H-pyrrole nitrogens is 1. The number of benzene rings is 1. The average Bonchev–Trinajstić information content (AvgIpc) is 3.36. The van der Waals surface area contributed by atoms with Crippen molar-refractivity contribution in [3.8, 4) is 11.5 Å². The Morgan fingerprint density at radius 3 is 2.71 bits per heavy atom. The third-order valence-electron chi connectivity index (χ3n) is 6.09. The Hall–Kier alpha value is -2.94. The first-order valence-corrected chi connectivity index (χ1v) is 10.8. The van der Waals surface area contributed by atoms with Gasteiger partial charge in [0.25, 0.3) is 5.56 Å². The monoisotopic (exact) mass is 424 g/mol. The molecule has 0 aliphatic carbocycles. The zero-order chi connectivity index (χ0) is 21.8. The summed E-state index contributed by atoms with van der Waals surface area (Å²) in [6.07, 6.45) is 2.27. The van der Waals surface area contributed by atoms with Crippen LogP contribution in [0, 0.1) is 5.92 Å². The second-order valence-corrected chi connectivity index (χ2v) is 9.61. The molecule has 31 heavy (non-hydrogen) atoms. The summed E-state index contributed by atoms with van der Waals surface area (Å²) in [4.78, 5) is 18.7. The number of likely N-dealkylation sites (tertiary alicyclic amines) is 1. The van der Waals surface area contributed by atoms with E-state index in [1.165, 1.54) is 6.42 Å². The van der Waals surface area contributed by atoms with E-state index >= 15 is 0 Å².